The summed E-state index contributed by atoms with van der Waals surface area (Å²) in [6.45, 7) is 4.12. The van der Waals surface area contributed by atoms with E-state index in [-0.39, 0.29) is 36.3 Å². The Labute approximate surface area is 164 Å². The van der Waals surface area contributed by atoms with Crippen molar-refractivity contribution in [3.63, 3.8) is 0 Å². The summed E-state index contributed by atoms with van der Waals surface area (Å²) in [5.41, 5.74) is 1.86. The molecule has 146 valence electrons. The first-order valence-corrected chi connectivity index (χ1v) is 9.79. The Balaban J connectivity index is 1.37. The summed E-state index contributed by atoms with van der Waals surface area (Å²) < 4.78 is 5.47. The zero-order chi connectivity index (χ0) is 19.8. The maximum Gasteiger partial charge on any atom is 0.261 e. The van der Waals surface area contributed by atoms with Crippen LogP contribution >= 0.6 is 0 Å². The van der Waals surface area contributed by atoms with Gasteiger partial charge in [-0.3, -0.25) is 19.3 Å². The summed E-state index contributed by atoms with van der Waals surface area (Å²) in [5, 5.41) is 0. The van der Waals surface area contributed by atoms with Crippen LogP contribution in [0.2, 0.25) is 0 Å². The van der Waals surface area contributed by atoms with E-state index in [1.807, 2.05) is 36.9 Å². The van der Waals surface area contributed by atoms with E-state index >= 15 is 0 Å². The number of aryl methyl sites for hydroxylation is 1. The van der Waals surface area contributed by atoms with Crippen LogP contribution in [0.5, 0.6) is 0 Å². The van der Waals surface area contributed by atoms with Gasteiger partial charge in [-0.05, 0) is 57.4 Å². The summed E-state index contributed by atoms with van der Waals surface area (Å²) in [6.07, 6.45) is 4.39. The fourth-order valence-corrected chi connectivity index (χ4v) is 3.88. The molecule has 2 heterocycles. The number of hydrogen-bond donors (Lipinski definition) is 0. The number of amides is 3. The molecule has 6 heteroatoms. The number of benzene rings is 1. The standard InChI is InChI=1S/C22H24N2O4/c1-14-7-10-17-18(13-14)22(27)23(21(17)26)11-3-6-20(25)24(16-8-9-16)15(2)19-5-4-12-28-19/h4-5,7,10,12-13,15-16H,3,6,8-9,11H2,1-2H3. The number of hydrogen-bond acceptors (Lipinski definition) is 4. The number of fused-ring (bicyclic) bond motifs is 1. The minimum Gasteiger partial charge on any atom is -0.467 e. The van der Waals surface area contributed by atoms with Crippen LogP contribution in [-0.4, -0.2) is 40.1 Å². The Morgan fingerprint density at radius 2 is 1.96 bits per heavy atom. The Hall–Kier alpha value is -2.89. The van der Waals surface area contributed by atoms with Crippen molar-refractivity contribution >= 4 is 17.7 Å². The van der Waals surface area contributed by atoms with Crippen LogP contribution in [0, 0.1) is 6.92 Å². The van der Waals surface area contributed by atoms with Crippen molar-refractivity contribution in [3.8, 4) is 0 Å². The van der Waals surface area contributed by atoms with E-state index in [4.69, 9.17) is 4.42 Å². The summed E-state index contributed by atoms with van der Waals surface area (Å²) >= 11 is 0. The number of furan rings is 1. The monoisotopic (exact) mass is 380 g/mol. The molecule has 1 aliphatic heterocycles. The Bertz CT molecular complexity index is 915. The molecular formula is C22H24N2O4. The third-order valence-electron chi connectivity index (χ3n) is 5.50. The normalized spacial score (nSPS) is 17.0. The molecule has 0 spiro atoms. The largest absolute Gasteiger partial charge is 0.467 e. The predicted octanol–water partition coefficient (Wildman–Crippen LogP) is 3.72. The molecule has 1 aliphatic carbocycles. The molecular weight excluding hydrogens is 356 g/mol. The van der Waals surface area contributed by atoms with Gasteiger partial charge in [0.2, 0.25) is 5.91 Å². The molecule has 0 saturated heterocycles. The minimum atomic E-state index is -0.268. The number of rotatable bonds is 7. The zero-order valence-electron chi connectivity index (χ0n) is 16.2. The number of imide groups is 1. The van der Waals surface area contributed by atoms with Gasteiger partial charge in [-0.15, -0.1) is 0 Å². The molecule has 1 aromatic heterocycles. The van der Waals surface area contributed by atoms with Gasteiger partial charge >= 0.3 is 0 Å². The van der Waals surface area contributed by atoms with Gasteiger partial charge in [-0.2, -0.15) is 0 Å². The van der Waals surface area contributed by atoms with E-state index < -0.39 is 0 Å². The summed E-state index contributed by atoms with van der Waals surface area (Å²) in [5.74, 6) is 0.282. The first kappa shape index (κ1) is 18.5. The fraction of sp³-hybridized carbons (Fsp3) is 0.409. The highest BCUT2D eigenvalue weighted by atomic mass is 16.3. The molecule has 1 fully saturated rings. The van der Waals surface area contributed by atoms with Crippen molar-refractivity contribution in [2.24, 2.45) is 0 Å². The molecule has 0 radical (unpaired) electrons. The van der Waals surface area contributed by atoms with E-state index in [1.165, 1.54) is 4.90 Å². The molecule has 2 aromatic rings. The van der Waals surface area contributed by atoms with Gasteiger partial charge in [-0.25, -0.2) is 0 Å². The number of nitrogens with zero attached hydrogens (tertiary/aromatic N) is 2. The van der Waals surface area contributed by atoms with Gasteiger partial charge in [0.15, 0.2) is 0 Å². The second kappa shape index (κ2) is 7.26. The minimum absolute atomic E-state index is 0.0406. The lowest BCUT2D eigenvalue weighted by molar-refractivity contribution is -0.134. The highest BCUT2D eigenvalue weighted by molar-refractivity contribution is 6.21. The summed E-state index contributed by atoms with van der Waals surface area (Å²) in [4.78, 5) is 41.1. The molecule has 1 unspecified atom stereocenters. The number of carbonyl (C=O) groups excluding carboxylic acids is 3. The first-order chi connectivity index (χ1) is 13.5. The molecule has 0 N–H and O–H groups in total. The SMILES string of the molecule is Cc1ccc2c(c1)C(=O)N(CCCC(=O)N(C1CC1)C(C)c1ccco1)C2=O. The van der Waals surface area contributed by atoms with Gasteiger partial charge in [0.1, 0.15) is 5.76 Å². The second-order valence-corrected chi connectivity index (χ2v) is 7.64. The molecule has 28 heavy (non-hydrogen) atoms. The van der Waals surface area contributed by atoms with E-state index in [9.17, 15) is 14.4 Å². The van der Waals surface area contributed by atoms with Crippen LogP contribution in [0.25, 0.3) is 0 Å². The lowest BCUT2D eigenvalue weighted by atomic mass is 10.1. The van der Waals surface area contributed by atoms with Gasteiger partial charge in [0, 0.05) is 19.0 Å². The third kappa shape index (κ3) is 3.35. The highest BCUT2D eigenvalue weighted by Crippen LogP contribution is 2.35. The molecule has 6 nitrogen and oxygen atoms in total. The van der Waals surface area contributed by atoms with E-state index in [0.717, 1.165) is 24.2 Å². The van der Waals surface area contributed by atoms with Crippen LogP contribution in [0.1, 0.15) is 70.7 Å². The second-order valence-electron chi connectivity index (χ2n) is 7.64. The highest BCUT2D eigenvalue weighted by Gasteiger charge is 2.38. The van der Waals surface area contributed by atoms with Crippen LogP contribution in [-0.2, 0) is 4.79 Å². The third-order valence-corrected chi connectivity index (χ3v) is 5.50. The van der Waals surface area contributed by atoms with Gasteiger partial charge in [0.05, 0.1) is 23.4 Å². The van der Waals surface area contributed by atoms with Crippen molar-refractivity contribution in [1.82, 2.24) is 9.80 Å². The molecule has 3 amide bonds. The molecule has 1 atom stereocenters. The zero-order valence-corrected chi connectivity index (χ0v) is 16.2. The molecule has 2 aliphatic rings. The Morgan fingerprint density at radius 1 is 1.21 bits per heavy atom. The molecule has 1 saturated carbocycles. The lowest BCUT2D eigenvalue weighted by Gasteiger charge is -2.28. The molecule has 0 bridgehead atoms. The van der Waals surface area contributed by atoms with Crippen LogP contribution < -0.4 is 0 Å². The van der Waals surface area contributed by atoms with Crippen molar-refractivity contribution in [2.45, 2.75) is 51.6 Å². The number of carbonyl (C=O) groups is 3. The maximum atomic E-state index is 12.9. The van der Waals surface area contributed by atoms with E-state index in [1.54, 1.807) is 18.4 Å². The van der Waals surface area contributed by atoms with Crippen LogP contribution in [0.4, 0.5) is 0 Å². The first-order valence-electron chi connectivity index (χ1n) is 9.79. The smallest absolute Gasteiger partial charge is 0.261 e. The summed E-state index contributed by atoms with van der Waals surface area (Å²) in [6, 6.07) is 9.14. The van der Waals surface area contributed by atoms with Crippen molar-refractivity contribution in [2.75, 3.05) is 6.54 Å². The van der Waals surface area contributed by atoms with Gasteiger partial charge < -0.3 is 9.32 Å². The van der Waals surface area contributed by atoms with Crippen molar-refractivity contribution in [1.29, 1.82) is 0 Å². The summed E-state index contributed by atoms with van der Waals surface area (Å²) in [7, 11) is 0. The molecule has 4 rings (SSSR count). The maximum absolute atomic E-state index is 12.9. The quantitative estimate of drug-likeness (QED) is 0.687. The Morgan fingerprint density at radius 3 is 2.64 bits per heavy atom. The average molecular weight is 380 g/mol. The molecule has 1 aromatic carbocycles. The van der Waals surface area contributed by atoms with Crippen LogP contribution in [0.15, 0.2) is 41.0 Å². The van der Waals surface area contributed by atoms with Crippen LogP contribution in [0.3, 0.4) is 0 Å². The van der Waals surface area contributed by atoms with Gasteiger partial charge in [0.25, 0.3) is 11.8 Å². The Kier molecular flexibility index (Phi) is 4.79. The fourth-order valence-electron chi connectivity index (χ4n) is 3.88. The predicted molar refractivity (Wildman–Crippen MR) is 103 cm³/mol. The van der Waals surface area contributed by atoms with Crippen molar-refractivity contribution < 1.29 is 18.8 Å². The van der Waals surface area contributed by atoms with Gasteiger partial charge in [-0.1, -0.05) is 11.6 Å². The van der Waals surface area contributed by atoms with Crippen molar-refractivity contribution in [3.05, 3.63) is 59.0 Å². The van der Waals surface area contributed by atoms with E-state index in [2.05, 4.69) is 0 Å². The topological polar surface area (TPSA) is 70.8 Å². The van der Waals surface area contributed by atoms with E-state index in [0.29, 0.717) is 24.0 Å². The lowest BCUT2D eigenvalue weighted by Crippen LogP contribution is -2.36. The average Bonchev–Trinajstić information content (AvgIpc) is 3.28.